The Morgan fingerprint density at radius 3 is 2.97 bits per heavy atom. The molecule has 2 aliphatic rings. The first-order chi connectivity index (χ1) is 17.4. The summed E-state index contributed by atoms with van der Waals surface area (Å²) in [6, 6.07) is -0.130. The summed E-state index contributed by atoms with van der Waals surface area (Å²) < 4.78 is 9.39. The zero-order valence-electron chi connectivity index (χ0n) is 20.5. The largest absolute Gasteiger partial charge is 0.477 e. The predicted molar refractivity (Wildman–Crippen MR) is 136 cm³/mol. The third-order valence-corrected chi connectivity index (χ3v) is 7.04. The van der Waals surface area contributed by atoms with Gasteiger partial charge in [0.2, 0.25) is 11.8 Å². The fourth-order valence-electron chi connectivity index (χ4n) is 4.04. The van der Waals surface area contributed by atoms with Gasteiger partial charge in [-0.3, -0.25) is 9.59 Å². The van der Waals surface area contributed by atoms with Crippen LogP contribution in [0.5, 0.6) is 5.88 Å². The van der Waals surface area contributed by atoms with E-state index < -0.39 is 0 Å². The Bertz CT molecular complexity index is 1350. The third-order valence-electron chi connectivity index (χ3n) is 5.90. The summed E-state index contributed by atoms with van der Waals surface area (Å²) in [5.41, 5.74) is 2.62. The van der Waals surface area contributed by atoms with Crippen molar-refractivity contribution < 1.29 is 14.3 Å². The van der Waals surface area contributed by atoms with Crippen molar-refractivity contribution in [3.63, 3.8) is 0 Å². The summed E-state index contributed by atoms with van der Waals surface area (Å²) in [7, 11) is 0. The number of aromatic nitrogens is 4. The quantitative estimate of drug-likeness (QED) is 0.364. The van der Waals surface area contributed by atoms with Crippen LogP contribution >= 0.6 is 11.3 Å². The van der Waals surface area contributed by atoms with Crippen LogP contribution in [0.3, 0.4) is 0 Å². The maximum absolute atomic E-state index is 13.2. The normalized spacial score (nSPS) is 17.2. The highest BCUT2D eigenvalue weighted by Gasteiger charge is 2.23. The minimum Gasteiger partial charge on any atom is -0.477 e. The number of aryl methyl sites for hydroxylation is 1. The number of allylic oxidation sites excluding steroid dienone is 1. The molecule has 11 nitrogen and oxygen atoms in total. The highest BCUT2D eigenvalue weighted by atomic mass is 32.1. The molecule has 0 saturated carbocycles. The first-order valence-electron chi connectivity index (χ1n) is 12.0. The molecule has 36 heavy (non-hydrogen) atoms. The van der Waals surface area contributed by atoms with E-state index in [-0.39, 0.29) is 24.4 Å². The number of carbonyl (C=O) groups excluding carboxylic acids is 2. The van der Waals surface area contributed by atoms with E-state index in [0.29, 0.717) is 29.5 Å². The lowest BCUT2D eigenvalue weighted by Gasteiger charge is -2.23. The van der Waals surface area contributed by atoms with Crippen LogP contribution in [-0.4, -0.2) is 56.9 Å². The van der Waals surface area contributed by atoms with Gasteiger partial charge in [-0.15, -0.1) is 11.3 Å². The summed E-state index contributed by atoms with van der Waals surface area (Å²) in [6.07, 6.45) is 9.70. The van der Waals surface area contributed by atoms with Crippen LogP contribution in [0.2, 0.25) is 0 Å². The van der Waals surface area contributed by atoms with Gasteiger partial charge in [-0.25, -0.2) is 9.20 Å². The third kappa shape index (κ3) is 5.00. The molecule has 5 rings (SSSR count). The number of hydrogen-bond donors (Lipinski definition) is 4. The van der Waals surface area contributed by atoms with Crippen LogP contribution in [0.4, 0.5) is 0 Å². The number of carbonyl (C=O) groups is 2. The zero-order valence-corrected chi connectivity index (χ0v) is 21.3. The molecule has 5 heterocycles. The molecule has 12 heteroatoms. The monoisotopic (exact) mass is 510 g/mol. The molecule has 0 fully saturated rings. The van der Waals surface area contributed by atoms with Gasteiger partial charge >= 0.3 is 0 Å². The summed E-state index contributed by atoms with van der Waals surface area (Å²) in [4.78, 5) is 27.1. The van der Waals surface area contributed by atoms with Gasteiger partial charge in [0.1, 0.15) is 4.83 Å². The Morgan fingerprint density at radius 2 is 2.14 bits per heavy atom. The summed E-state index contributed by atoms with van der Waals surface area (Å²) in [5, 5.41) is 20.9. The predicted octanol–water partition coefficient (Wildman–Crippen LogP) is 1.85. The number of nitrogens with zero attached hydrogens (tertiary/aromatic N) is 4. The van der Waals surface area contributed by atoms with E-state index in [1.54, 1.807) is 29.2 Å². The standard InChI is InChI=1S/C24H30N8O3S/c1-14(2)8-25-12-21(33)29-16-7-19(15(3)26-9-16)30-22(34)18-11-28-32-13-20(36-24(18)32)17-10-27-31-5-4-6-35-23(17)31/h7,9-11,13-15,25-26H,4-6,8,12H2,1-3H3,(H,29,33)(H,30,34). The van der Waals surface area contributed by atoms with Gasteiger partial charge < -0.3 is 26.0 Å². The molecule has 2 amide bonds. The Morgan fingerprint density at radius 1 is 1.28 bits per heavy atom. The molecular formula is C24H30N8O3S. The van der Waals surface area contributed by atoms with Crippen molar-refractivity contribution >= 4 is 28.0 Å². The molecule has 0 spiro atoms. The van der Waals surface area contributed by atoms with Crippen molar-refractivity contribution in [1.29, 1.82) is 0 Å². The number of ether oxygens (including phenoxy) is 1. The highest BCUT2D eigenvalue weighted by molar-refractivity contribution is 7.21. The Kier molecular flexibility index (Phi) is 6.79. The number of nitrogens with one attached hydrogen (secondary N) is 4. The zero-order chi connectivity index (χ0) is 25.2. The summed E-state index contributed by atoms with van der Waals surface area (Å²) in [5.74, 6) is 0.808. The van der Waals surface area contributed by atoms with Crippen molar-refractivity contribution in [3.05, 3.63) is 47.8 Å². The van der Waals surface area contributed by atoms with Gasteiger partial charge in [-0.1, -0.05) is 13.8 Å². The van der Waals surface area contributed by atoms with E-state index in [9.17, 15) is 9.59 Å². The molecule has 0 bridgehead atoms. The minimum absolute atomic E-state index is 0.130. The van der Waals surface area contributed by atoms with Gasteiger partial charge in [-0.2, -0.15) is 10.2 Å². The van der Waals surface area contributed by atoms with Crippen LogP contribution in [0.25, 0.3) is 15.3 Å². The molecule has 2 aliphatic heterocycles. The molecule has 190 valence electrons. The molecule has 4 N–H and O–H groups in total. The second-order valence-corrected chi connectivity index (χ2v) is 10.3. The fourth-order valence-corrected chi connectivity index (χ4v) is 5.10. The first-order valence-corrected chi connectivity index (χ1v) is 12.9. The average Bonchev–Trinajstić information content (AvgIpc) is 3.54. The molecule has 0 aliphatic carbocycles. The smallest absolute Gasteiger partial charge is 0.260 e. The molecule has 1 unspecified atom stereocenters. The minimum atomic E-state index is -0.266. The van der Waals surface area contributed by atoms with E-state index in [0.717, 1.165) is 40.7 Å². The van der Waals surface area contributed by atoms with Gasteiger partial charge in [-0.05, 0) is 25.5 Å². The van der Waals surface area contributed by atoms with Crippen molar-refractivity contribution in [2.24, 2.45) is 5.92 Å². The molecule has 1 atom stereocenters. The molecule has 0 saturated heterocycles. The van der Waals surface area contributed by atoms with Gasteiger partial charge in [0.05, 0.1) is 53.3 Å². The van der Waals surface area contributed by atoms with Gasteiger partial charge in [0, 0.05) is 31.1 Å². The number of hydrogen-bond acceptors (Lipinski definition) is 8. The Hall–Kier alpha value is -3.64. The molecule has 0 radical (unpaired) electrons. The lowest BCUT2D eigenvalue weighted by Crippen LogP contribution is -2.40. The van der Waals surface area contributed by atoms with Crippen molar-refractivity contribution in [1.82, 2.24) is 40.7 Å². The van der Waals surface area contributed by atoms with Gasteiger partial charge in [0.15, 0.2) is 0 Å². The van der Waals surface area contributed by atoms with Gasteiger partial charge in [0.25, 0.3) is 5.91 Å². The lowest BCUT2D eigenvalue weighted by atomic mass is 10.1. The summed E-state index contributed by atoms with van der Waals surface area (Å²) in [6.45, 7) is 8.59. The Balaban J connectivity index is 1.29. The Labute approximate surface area is 212 Å². The van der Waals surface area contributed by atoms with Crippen molar-refractivity contribution in [2.75, 3.05) is 19.7 Å². The van der Waals surface area contributed by atoms with Crippen LogP contribution in [0.1, 0.15) is 37.6 Å². The van der Waals surface area contributed by atoms with Crippen molar-refractivity contribution in [2.45, 2.75) is 39.8 Å². The SMILES string of the molecule is CC(C)CNCC(=O)NC1=CNC(C)C(NC(=O)c2cnn3cc(-c4cnn5c4OCCC5)sc23)=C1. The summed E-state index contributed by atoms with van der Waals surface area (Å²) >= 11 is 1.47. The molecule has 3 aromatic rings. The van der Waals surface area contributed by atoms with Crippen LogP contribution in [0.15, 0.2) is 42.3 Å². The number of thiazole rings is 1. The number of rotatable bonds is 8. The first kappa shape index (κ1) is 24.1. The van der Waals surface area contributed by atoms with Crippen LogP contribution < -0.4 is 26.0 Å². The second kappa shape index (κ2) is 10.2. The van der Waals surface area contributed by atoms with Crippen LogP contribution in [-0.2, 0) is 11.3 Å². The average molecular weight is 511 g/mol. The molecule has 0 aromatic carbocycles. The second-order valence-electron chi connectivity index (χ2n) is 9.31. The van der Waals surface area contributed by atoms with Crippen molar-refractivity contribution in [3.8, 4) is 16.3 Å². The lowest BCUT2D eigenvalue weighted by molar-refractivity contribution is -0.119. The van der Waals surface area contributed by atoms with E-state index in [2.05, 4.69) is 45.3 Å². The fraction of sp³-hybridized carbons (Fsp3) is 0.417. The van der Waals surface area contributed by atoms with E-state index in [1.807, 2.05) is 17.8 Å². The number of amides is 2. The topological polar surface area (TPSA) is 127 Å². The maximum Gasteiger partial charge on any atom is 0.260 e. The van der Waals surface area contributed by atoms with E-state index in [1.165, 1.54) is 11.3 Å². The molecular weight excluding hydrogens is 480 g/mol. The number of fused-ring (bicyclic) bond motifs is 2. The van der Waals surface area contributed by atoms with E-state index in [4.69, 9.17) is 4.74 Å². The van der Waals surface area contributed by atoms with Crippen LogP contribution in [0, 0.1) is 5.92 Å². The maximum atomic E-state index is 13.2. The van der Waals surface area contributed by atoms with E-state index >= 15 is 0 Å². The number of dihydropyridines is 1. The molecule has 3 aromatic heterocycles. The highest BCUT2D eigenvalue weighted by Crippen LogP contribution is 2.37.